The first-order chi connectivity index (χ1) is 10.1. The number of aromatic nitrogens is 3. The minimum absolute atomic E-state index is 0.0149. The highest BCUT2D eigenvalue weighted by molar-refractivity contribution is 6.30. The van der Waals surface area contributed by atoms with Crippen LogP contribution in [0.15, 0.2) is 24.4 Å². The molecule has 8 heteroatoms. The zero-order valence-corrected chi connectivity index (χ0v) is 11.9. The minimum Gasteiger partial charge on any atom is -0.506 e. The molecule has 21 heavy (non-hydrogen) atoms. The Balaban J connectivity index is 1.77. The quantitative estimate of drug-likeness (QED) is 0.865. The topological polar surface area (TPSA) is 83.3 Å². The Labute approximate surface area is 126 Å². The van der Waals surface area contributed by atoms with E-state index in [4.69, 9.17) is 11.6 Å². The zero-order chi connectivity index (χ0) is 14.8. The smallest absolute Gasteiger partial charge is 0.234 e. The summed E-state index contributed by atoms with van der Waals surface area (Å²) in [7, 11) is 0. The predicted octanol–water partition coefficient (Wildman–Crippen LogP) is 0.558. The standard InChI is InChI=1S/C13H14ClN5O2/c14-9-1-2-12(20)11(5-9)19-7-10(16-17-19)6-18-4-3-15-13(21)8-18/h1-2,5,7,20H,3-4,6,8H2,(H,15,21). The lowest BCUT2D eigenvalue weighted by Gasteiger charge is -2.25. The summed E-state index contributed by atoms with van der Waals surface area (Å²) in [6.07, 6.45) is 1.72. The van der Waals surface area contributed by atoms with Crippen molar-refractivity contribution in [2.24, 2.45) is 0 Å². The van der Waals surface area contributed by atoms with E-state index < -0.39 is 0 Å². The van der Waals surface area contributed by atoms with Gasteiger partial charge in [0, 0.05) is 24.7 Å². The molecule has 2 N–H and O–H groups in total. The molecule has 7 nitrogen and oxygen atoms in total. The number of halogens is 1. The van der Waals surface area contributed by atoms with Gasteiger partial charge in [0.2, 0.25) is 5.91 Å². The van der Waals surface area contributed by atoms with E-state index in [-0.39, 0.29) is 11.7 Å². The minimum atomic E-state index is 0.0149. The Kier molecular flexibility index (Phi) is 3.76. The number of carbonyl (C=O) groups is 1. The van der Waals surface area contributed by atoms with Crippen LogP contribution < -0.4 is 5.32 Å². The number of nitrogens with one attached hydrogen (secondary N) is 1. The van der Waals surface area contributed by atoms with E-state index in [9.17, 15) is 9.90 Å². The van der Waals surface area contributed by atoms with Crippen molar-refractivity contribution in [3.05, 3.63) is 35.1 Å². The highest BCUT2D eigenvalue weighted by atomic mass is 35.5. The van der Waals surface area contributed by atoms with Crippen molar-refractivity contribution < 1.29 is 9.90 Å². The molecule has 1 aliphatic heterocycles. The molecule has 3 rings (SSSR count). The van der Waals surface area contributed by atoms with Gasteiger partial charge in [-0.05, 0) is 18.2 Å². The fraction of sp³-hybridized carbons (Fsp3) is 0.308. The van der Waals surface area contributed by atoms with E-state index in [0.29, 0.717) is 30.3 Å². The first kappa shape index (κ1) is 13.8. The maximum atomic E-state index is 11.3. The van der Waals surface area contributed by atoms with Crippen molar-refractivity contribution in [2.45, 2.75) is 6.54 Å². The Hall–Kier alpha value is -2.12. The molecule has 0 saturated carbocycles. The first-order valence-electron chi connectivity index (χ1n) is 6.51. The monoisotopic (exact) mass is 307 g/mol. The Morgan fingerprint density at radius 3 is 3.10 bits per heavy atom. The molecule has 0 unspecified atom stereocenters. The van der Waals surface area contributed by atoms with Crippen LogP contribution in [0.4, 0.5) is 0 Å². The van der Waals surface area contributed by atoms with Gasteiger partial charge in [0.05, 0.1) is 18.4 Å². The highest BCUT2D eigenvalue weighted by Crippen LogP contribution is 2.24. The summed E-state index contributed by atoms with van der Waals surface area (Å²) in [4.78, 5) is 13.3. The van der Waals surface area contributed by atoms with Crippen LogP contribution in [0.1, 0.15) is 5.69 Å². The Morgan fingerprint density at radius 2 is 2.29 bits per heavy atom. The predicted molar refractivity (Wildman–Crippen MR) is 76.3 cm³/mol. The van der Waals surface area contributed by atoms with Crippen molar-refractivity contribution in [3.63, 3.8) is 0 Å². The van der Waals surface area contributed by atoms with Crippen LogP contribution in [-0.4, -0.2) is 50.5 Å². The van der Waals surface area contributed by atoms with Gasteiger partial charge in [-0.1, -0.05) is 16.8 Å². The Morgan fingerprint density at radius 1 is 1.43 bits per heavy atom. The lowest BCUT2D eigenvalue weighted by atomic mass is 10.3. The number of phenols is 1. The van der Waals surface area contributed by atoms with Crippen molar-refractivity contribution in [1.29, 1.82) is 0 Å². The number of carbonyl (C=O) groups excluding carboxylic acids is 1. The second kappa shape index (κ2) is 5.71. The summed E-state index contributed by atoms with van der Waals surface area (Å²) in [5.74, 6) is 0.0920. The molecule has 1 saturated heterocycles. The SMILES string of the molecule is O=C1CN(Cc2cn(-c3cc(Cl)ccc3O)nn2)CCN1. The number of nitrogens with zero attached hydrogens (tertiary/aromatic N) is 4. The number of rotatable bonds is 3. The van der Waals surface area contributed by atoms with E-state index in [1.165, 1.54) is 10.7 Å². The third-order valence-corrected chi connectivity index (χ3v) is 3.46. The third-order valence-electron chi connectivity index (χ3n) is 3.23. The van der Waals surface area contributed by atoms with E-state index in [1.807, 2.05) is 4.90 Å². The van der Waals surface area contributed by atoms with Crippen molar-refractivity contribution in [2.75, 3.05) is 19.6 Å². The summed E-state index contributed by atoms with van der Waals surface area (Å²) in [5, 5.41) is 21.2. The summed E-state index contributed by atoms with van der Waals surface area (Å²) >= 11 is 5.92. The summed E-state index contributed by atoms with van der Waals surface area (Å²) < 4.78 is 1.47. The van der Waals surface area contributed by atoms with Crippen molar-refractivity contribution in [3.8, 4) is 11.4 Å². The maximum Gasteiger partial charge on any atom is 0.234 e. The second-order valence-electron chi connectivity index (χ2n) is 4.85. The number of piperazine rings is 1. The molecule has 0 radical (unpaired) electrons. The zero-order valence-electron chi connectivity index (χ0n) is 11.2. The van der Waals surface area contributed by atoms with Gasteiger partial charge in [-0.15, -0.1) is 5.10 Å². The molecule has 1 amide bonds. The van der Waals surface area contributed by atoms with Gasteiger partial charge in [-0.25, -0.2) is 4.68 Å². The maximum absolute atomic E-state index is 11.3. The van der Waals surface area contributed by atoms with Gasteiger partial charge in [-0.3, -0.25) is 9.69 Å². The van der Waals surface area contributed by atoms with Crippen LogP contribution in [0.25, 0.3) is 5.69 Å². The number of amides is 1. The van der Waals surface area contributed by atoms with E-state index >= 15 is 0 Å². The molecule has 1 fully saturated rings. The van der Waals surface area contributed by atoms with Crippen LogP contribution >= 0.6 is 11.6 Å². The molecule has 1 aromatic carbocycles. The van der Waals surface area contributed by atoms with Crippen LogP contribution in [-0.2, 0) is 11.3 Å². The number of hydrogen-bond donors (Lipinski definition) is 2. The Bertz CT molecular complexity index is 672. The molecular weight excluding hydrogens is 294 g/mol. The molecule has 0 atom stereocenters. The number of benzene rings is 1. The fourth-order valence-corrected chi connectivity index (χ4v) is 2.39. The molecule has 110 valence electrons. The summed E-state index contributed by atoms with van der Waals surface area (Å²) in [6.45, 7) is 2.31. The van der Waals surface area contributed by atoms with Crippen LogP contribution in [0.2, 0.25) is 5.02 Å². The van der Waals surface area contributed by atoms with E-state index in [2.05, 4.69) is 15.6 Å². The number of phenolic OH excluding ortho intramolecular Hbond substituents is 1. The van der Waals surface area contributed by atoms with E-state index in [0.717, 1.165) is 12.2 Å². The molecule has 2 aromatic rings. The average Bonchev–Trinajstić information content (AvgIpc) is 2.90. The first-order valence-corrected chi connectivity index (χ1v) is 6.89. The molecule has 2 heterocycles. The normalized spacial score (nSPS) is 16.0. The van der Waals surface area contributed by atoms with Crippen LogP contribution in [0, 0.1) is 0 Å². The van der Waals surface area contributed by atoms with E-state index in [1.54, 1.807) is 18.3 Å². The molecule has 0 aliphatic carbocycles. The lowest BCUT2D eigenvalue weighted by Crippen LogP contribution is -2.47. The number of aromatic hydroxyl groups is 1. The third kappa shape index (κ3) is 3.14. The van der Waals surface area contributed by atoms with Crippen molar-refractivity contribution >= 4 is 17.5 Å². The average molecular weight is 308 g/mol. The van der Waals surface area contributed by atoms with Gasteiger partial charge in [0.25, 0.3) is 0 Å². The fourth-order valence-electron chi connectivity index (χ4n) is 2.22. The lowest BCUT2D eigenvalue weighted by molar-refractivity contribution is -0.124. The highest BCUT2D eigenvalue weighted by Gasteiger charge is 2.17. The molecular formula is C13H14ClN5O2. The second-order valence-corrected chi connectivity index (χ2v) is 5.28. The molecule has 0 spiro atoms. The largest absolute Gasteiger partial charge is 0.506 e. The molecule has 1 aromatic heterocycles. The van der Waals surface area contributed by atoms with Crippen molar-refractivity contribution in [1.82, 2.24) is 25.2 Å². The summed E-state index contributed by atoms with van der Waals surface area (Å²) in [5.41, 5.74) is 1.20. The van der Waals surface area contributed by atoms with Gasteiger partial charge >= 0.3 is 0 Å². The van der Waals surface area contributed by atoms with Gasteiger partial charge < -0.3 is 10.4 Å². The van der Waals surface area contributed by atoms with Crippen LogP contribution in [0.5, 0.6) is 5.75 Å². The molecule has 1 aliphatic rings. The molecule has 0 bridgehead atoms. The summed E-state index contributed by atoms with van der Waals surface area (Å²) in [6, 6.07) is 4.72. The number of hydrogen-bond acceptors (Lipinski definition) is 5. The van der Waals surface area contributed by atoms with Crippen LogP contribution in [0.3, 0.4) is 0 Å². The van der Waals surface area contributed by atoms with Gasteiger partial charge in [-0.2, -0.15) is 0 Å². The van der Waals surface area contributed by atoms with Gasteiger partial charge in [0.15, 0.2) is 0 Å². The van der Waals surface area contributed by atoms with Gasteiger partial charge in [0.1, 0.15) is 11.4 Å².